The fraction of sp³-hybridized carbons (Fsp3) is 0.278. The predicted molar refractivity (Wildman–Crippen MR) is 94.2 cm³/mol. The summed E-state index contributed by atoms with van der Waals surface area (Å²) in [5.74, 6) is -0.0235. The number of carbonyl (C=O) groups is 1. The van der Waals surface area contributed by atoms with Gasteiger partial charge in [0.15, 0.2) is 11.5 Å². The van der Waals surface area contributed by atoms with Gasteiger partial charge in [0.05, 0.1) is 7.11 Å². The molecule has 134 valence electrons. The molecule has 0 atom stereocenters. The van der Waals surface area contributed by atoms with Crippen molar-refractivity contribution in [2.45, 2.75) is 20.1 Å². The van der Waals surface area contributed by atoms with E-state index < -0.39 is 6.61 Å². The third-order valence-electron chi connectivity index (χ3n) is 3.39. The van der Waals surface area contributed by atoms with E-state index in [1.54, 1.807) is 30.5 Å². The molecule has 25 heavy (non-hydrogen) atoms. The van der Waals surface area contributed by atoms with Crippen LogP contribution in [0, 0.1) is 6.92 Å². The molecule has 0 bridgehead atoms. The van der Waals surface area contributed by atoms with Gasteiger partial charge >= 0.3 is 6.61 Å². The van der Waals surface area contributed by atoms with Crippen LogP contribution in [-0.4, -0.2) is 31.6 Å². The maximum atomic E-state index is 12.5. The molecule has 0 fully saturated rings. The van der Waals surface area contributed by atoms with Crippen LogP contribution in [0.25, 0.3) is 6.08 Å². The monoisotopic (exact) mass is 367 g/mol. The number of hydrogen-bond acceptors (Lipinski definition) is 4. The van der Waals surface area contributed by atoms with E-state index in [2.05, 4.69) is 4.74 Å². The summed E-state index contributed by atoms with van der Waals surface area (Å²) in [6, 6.07) is 8.62. The second-order valence-electron chi connectivity index (χ2n) is 5.34. The van der Waals surface area contributed by atoms with Gasteiger partial charge in [0.25, 0.3) is 0 Å². The molecule has 0 saturated heterocycles. The summed E-state index contributed by atoms with van der Waals surface area (Å²) in [7, 11) is 3.02. The Bertz CT molecular complexity index is 759. The molecule has 0 saturated carbocycles. The van der Waals surface area contributed by atoms with Crippen LogP contribution in [0.1, 0.15) is 15.3 Å². The maximum absolute atomic E-state index is 12.5. The molecule has 7 heteroatoms. The van der Waals surface area contributed by atoms with E-state index in [1.807, 2.05) is 19.1 Å². The average Bonchev–Trinajstić information content (AvgIpc) is 2.97. The number of nitrogens with zero attached hydrogens (tertiary/aromatic N) is 1. The van der Waals surface area contributed by atoms with E-state index >= 15 is 0 Å². The van der Waals surface area contributed by atoms with E-state index in [4.69, 9.17) is 4.74 Å². The minimum absolute atomic E-state index is 0.0551. The topological polar surface area (TPSA) is 38.8 Å². The number of likely N-dealkylation sites (N-methyl/N-ethyl adjacent to an activating group) is 1. The van der Waals surface area contributed by atoms with Gasteiger partial charge in [-0.3, -0.25) is 4.79 Å². The lowest BCUT2D eigenvalue weighted by Gasteiger charge is -2.17. The molecular formula is C18H19F2NO3S. The molecule has 0 aliphatic carbocycles. The smallest absolute Gasteiger partial charge is 0.387 e. The van der Waals surface area contributed by atoms with E-state index in [1.165, 1.54) is 35.1 Å². The number of alkyl halides is 2. The van der Waals surface area contributed by atoms with Crippen LogP contribution in [-0.2, 0) is 11.3 Å². The average molecular weight is 367 g/mol. The first-order valence-corrected chi connectivity index (χ1v) is 8.32. The predicted octanol–water partition coefficient (Wildman–Crippen LogP) is 4.34. The highest BCUT2D eigenvalue weighted by molar-refractivity contribution is 7.12. The largest absolute Gasteiger partial charge is 0.493 e. The van der Waals surface area contributed by atoms with E-state index in [0.717, 1.165) is 4.88 Å². The molecule has 2 aromatic rings. The quantitative estimate of drug-likeness (QED) is 0.684. The Morgan fingerprint density at radius 2 is 2.04 bits per heavy atom. The summed E-state index contributed by atoms with van der Waals surface area (Å²) >= 11 is 1.60. The van der Waals surface area contributed by atoms with Gasteiger partial charge in [-0.1, -0.05) is 6.07 Å². The Labute approximate surface area is 149 Å². The number of rotatable bonds is 7. The van der Waals surface area contributed by atoms with Crippen molar-refractivity contribution >= 4 is 23.3 Å². The van der Waals surface area contributed by atoms with Crippen molar-refractivity contribution < 1.29 is 23.0 Å². The van der Waals surface area contributed by atoms with Crippen molar-refractivity contribution in [1.29, 1.82) is 0 Å². The van der Waals surface area contributed by atoms with Crippen LogP contribution in [0.5, 0.6) is 11.5 Å². The van der Waals surface area contributed by atoms with Crippen LogP contribution in [0.15, 0.2) is 36.4 Å². The first kappa shape index (κ1) is 18.9. The molecular weight excluding hydrogens is 348 g/mol. The van der Waals surface area contributed by atoms with Gasteiger partial charge in [-0.05, 0) is 42.8 Å². The Balaban J connectivity index is 2.04. The molecule has 0 N–H and O–H groups in total. The molecule has 0 aliphatic rings. The van der Waals surface area contributed by atoms with Crippen LogP contribution in [0.3, 0.4) is 0 Å². The summed E-state index contributed by atoms with van der Waals surface area (Å²) in [4.78, 5) is 15.8. The number of thiophene rings is 1. The Hall–Kier alpha value is -2.41. The number of carbonyl (C=O) groups excluding carboxylic acids is 1. The number of methoxy groups -OCH3 is 1. The fourth-order valence-electron chi connectivity index (χ4n) is 2.18. The number of ether oxygens (including phenoxy) is 2. The van der Waals surface area contributed by atoms with Gasteiger partial charge < -0.3 is 14.4 Å². The van der Waals surface area contributed by atoms with E-state index in [0.29, 0.717) is 5.56 Å². The van der Waals surface area contributed by atoms with Crippen molar-refractivity contribution in [1.82, 2.24) is 4.90 Å². The van der Waals surface area contributed by atoms with Gasteiger partial charge in [0, 0.05) is 29.4 Å². The van der Waals surface area contributed by atoms with Crippen LogP contribution < -0.4 is 9.47 Å². The van der Waals surface area contributed by atoms with Gasteiger partial charge in [0.2, 0.25) is 5.91 Å². The molecule has 4 nitrogen and oxygen atoms in total. The molecule has 0 aliphatic heterocycles. The lowest BCUT2D eigenvalue weighted by atomic mass is 10.2. The zero-order valence-corrected chi connectivity index (χ0v) is 15.0. The number of halogens is 2. The second-order valence-corrected chi connectivity index (χ2v) is 6.66. The third kappa shape index (κ3) is 5.56. The first-order chi connectivity index (χ1) is 11.9. The zero-order valence-electron chi connectivity index (χ0n) is 14.2. The van der Waals surface area contributed by atoms with E-state index in [-0.39, 0.29) is 24.0 Å². The molecule has 1 heterocycles. The summed E-state index contributed by atoms with van der Waals surface area (Å²) in [5.41, 5.74) is 0.660. The van der Waals surface area contributed by atoms with Crippen LogP contribution in [0.4, 0.5) is 8.78 Å². The maximum Gasteiger partial charge on any atom is 0.387 e. The molecule has 1 amide bonds. The standard InChI is InChI=1S/C18H19F2NO3S/c1-12-4-6-14(25-12)7-9-17(22)21(2)11-13-5-8-15(23-3)16(10-13)24-18(19)20/h4-10,18H,11H2,1-3H3/b9-7+. The SMILES string of the molecule is COc1ccc(CN(C)C(=O)/C=C/c2ccc(C)s2)cc1OC(F)F. The molecule has 0 spiro atoms. The fourth-order valence-corrected chi connectivity index (χ4v) is 2.96. The number of benzene rings is 1. The summed E-state index contributed by atoms with van der Waals surface area (Å²) < 4.78 is 34.4. The second kappa shape index (κ2) is 8.62. The number of aryl methyl sites for hydroxylation is 1. The highest BCUT2D eigenvalue weighted by Gasteiger charge is 2.13. The molecule has 1 aromatic heterocycles. The van der Waals surface area contributed by atoms with Crippen LogP contribution in [0.2, 0.25) is 0 Å². The van der Waals surface area contributed by atoms with Crippen molar-refractivity contribution in [3.63, 3.8) is 0 Å². The van der Waals surface area contributed by atoms with E-state index in [9.17, 15) is 13.6 Å². The summed E-state index contributed by atoms with van der Waals surface area (Å²) in [6.45, 7) is -0.685. The minimum atomic E-state index is -2.94. The van der Waals surface area contributed by atoms with Gasteiger partial charge in [-0.2, -0.15) is 8.78 Å². The lowest BCUT2D eigenvalue weighted by Crippen LogP contribution is -2.24. The van der Waals surface area contributed by atoms with Crippen molar-refractivity contribution in [3.05, 3.63) is 51.7 Å². The minimum Gasteiger partial charge on any atom is -0.493 e. The lowest BCUT2D eigenvalue weighted by molar-refractivity contribution is -0.125. The molecule has 1 aromatic carbocycles. The molecule has 2 rings (SSSR count). The van der Waals surface area contributed by atoms with Gasteiger partial charge in [-0.25, -0.2) is 0 Å². The van der Waals surface area contributed by atoms with Crippen molar-refractivity contribution in [3.8, 4) is 11.5 Å². The first-order valence-electron chi connectivity index (χ1n) is 7.50. The Morgan fingerprint density at radius 1 is 1.28 bits per heavy atom. The highest BCUT2D eigenvalue weighted by atomic mass is 32.1. The Morgan fingerprint density at radius 3 is 2.64 bits per heavy atom. The zero-order chi connectivity index (χ0) is 18.4. The van der Waals surface area contributed by atoms with Crippen LogP contribution >= 0.6 is 11.3 Å². The molecule has 0 unspecified atom stereocenters. The third-order valence-corrected chi connectivity index (χ3v) is 4.36. The summed E-state index contributed by atoms with van der Waals surface area (Å²) in [6.07, 6.45) is 3.25. The molecule has 0 radical (unpaired) electrons. The highest BCUT2D eigenvalue weighted by Crippen LogP contribution is 2.29. The van der Waals surface area contributed by atoms with Crippen molar-refractivity contribution in [2.24, 2.45) is 0 Å². The van der Waals surface area contributed by atoms with Gasteiger partial charge in [-0.15, -0.1) is 11.3 Å². The normalized spacial score (nSPS) is 11.1. The Kier molecular flexibility index (Phi) is 6.52. The number of hydrogen-bond donors (Lipinski definition) is 0. The van der Waals surface area contributed by atoms with Gasteiger partial charge in [0.1, 0.15) is 0 Å². The summed E-state index contributed by atoms with van der Waals surface area (Å²) in [5, 5.41) is 0. The van der Waals surface area contributed by atoms with Crippen molar-refractivity contribution in [2.75, 3.05) is 14.2 Å². The number of amides is 1.